The highest BCUT2D eigenvalue weighted by molar-refractivity contribution is 6.03. The van der Waals surface area contributed by atoms with Crippen LogP contribution in [-0.4, -0.2) is 134 Å². The van der Waals surface area contributed by atoms with E-state index in [0.717, 1.165) is 24.8 Å². The molecule has 6 heterocycles. The first kappa shape index (κ1) is 48.1. The first-order valence-electron chi connectivity index (χ1n) is 24.2. The summed E-state index contributed by atoms with van der Waals surface area (Å²) < 4.78 is 64.2. The Kier molecular flexibility index (Phi) is 15.1. The summed E-state index contributed by atoms with van der Waals surface area (Å²) in [7, 11) is 3.23. The maximum atomic E-state index is 14.4. The van der Waals surface area contributed by atoms with Crippen LogP contribution in [0.1, 0.15) is 119 Å². The molecule has 2 aliphatic carbocycles. The molecule has 0 unspecified atom stereocenters. The summed E-state index contributed by atoms with van der Waals surface area (Å²) in [6, 6.07) is 0. The maximum absolute atomic E-state index is 14.4. The number of carbonyl (C=O) groups is 2. The number of ether oxygens (including phenoxy) is 10. The molecule has 5 saturated heterocycles. The van der Waals surface area contributed by atoms with Gasteiger partial charge in [0.1, 0.15) is 29.8 Å². The van der Waals surface area contributed by atoms with Crippen LogP contribution >= 0.6 is 0 Å². The lowest BCUT2D eigenvalue weighted by molar-refractivity contribution is -0.342. The summed E-state index contributed by atoms with van der Waals surface area (Å²) in [5.74, 6) is -2.35. The highest BCUT2D eigenvalue weighted by Crippen LogP contribution is 2.48. The van der Waals surface area contributed by atoms with E-state index < -0.39 is 84.7 Å². The fourth-order valence-electron chi connectivity index (χ4n) is 11.9. The molecule has 8 aliphatic rings. The number of allylic oxidation sites excluding steroid dienone is 2. The lowest BCUT2D eigenvalue weighted by Gasteiger charge is -2.51. The fraction of sp³-hybridized carbons (Fsp3) is 0.800. The molecule has 18 atom stereocenters. The summed E-state index contributed by atoms with van der Waals surface area (Å²) in [5, 5.41) is 23.0. The van der Waals surface area contributed by atoms with E-state index in [2.05, 4.69) is 26.8 Å². The third-order valence-electron chi connectivity index (χ3n) is 15.7. The Morgan fingerprint density at radius 1 is 0.844 bits per heavy atom. The van der Waals surface area contributed by atoms with E-state index in [9.17, 15) is 19.8 Å². The van der Waals surface area contributed by atoms with E-state index >= 15 is 0 Å². The Morgan fingerprint density at radius 3 is 2.31 bits per heavy atom. The smallest absolute Gasteiger partial charge is 0.316 e. The van der Waals surface area contributed by atoms with Crippen molar-refractivity contribution in [1.82, 2.24) is 0 Å². The summed E-state index contributed by atoms with van der Waals surface area (Å²) in [4.78, 5) is 27.9. The first-order chi connectivity index (χ1) is 30.6. The predicted octanol–water partition coefficient (Wildman–Crippen LogP) is 6.34. The highest BCUT2D eigenvalue weighted by Gasteiger charge is 2.60. The molecular formula is C50H74O14. The second-order valence-corrected chi connectivity index (χ2v) is 20.2. The Bertz CT molecular complexity index is 1790. The van der Waals surface area contributed by atoms with Crippen molar-refractivity contribution in [2.75, 3.05) is 20.8 Å². The van der Waals surface area contributed by atoms with Crippen molar-refractivity contribution in [3.05, 3.63) is 47.1 Å². The molecule has 0 aromatic rings. The number of ketones is 1. The van der Waals surface area contributed by atoms with Gasteiger partial charge in [-0.1, -0.05) is 63.5 Å². The molecule has 2 bridgehead atoms. The van der Waals surface area contributed by atoms with Crippen LogP contribution in [0.4, 0.5) is 0 Å². The van der Waals surface area contributed by atoms with Gasteiger partial charge in [-0.2, -0.15) is 0 Å². The van der Waals surface area contributed by atoms with Gasteiger partial charge in [-0.3, -0.25) is 9.59 Å². The topological polar surface area (TPSA) is 167 Å². The normalized spacial score (nSPS) is 48.3. The van der Waals surface area contributed by atoms with Gasteiger partial charge in [-0.15, -0.1) is 0 Å². The number of carbonyl (C=O) groups excluding carboxylic acids is 2. The van der Waals surface area contributed by atoms with Gasteiger partial charge in [-0.25, -0.2) is 0 Å². The van der Waals surface area contributed by atoms with Crippen LogP contribution in [0, 0.1) is 23.7 Å². The zero-order valence-corrected chi connectivity index (χ0v) is 39.2. The molecule has 8 rings (SSSR count). The number of fused-ring (bicyclic) bond motifs is 2. The van der Waals surface area contributed by atoms with E-state index in [1.807, 2.05) is 19.1 Å². The number of aliphatic hydroxyl groups is 2. The zero-order valence-electron chi connectivity index (χ0n) is 39.2. The minimum Gasteiger partial charge on any atom is -0.462 e. The average Bonchev–Trinajstić information content (AvgIpc) is 3.62. The van der Waals surface area contributed by atoms with Crippen molar-refractivity contribution < 1.29 is 67.2 Å². The summed E-state index contributed by atoms with van der Waals surface area (Å²) in [5.41, 5.74) is -0.146. The molecule has 1 saturated carbocycles. The Morgan fingerprint density at radius 2 is 1.56 bits per heavy atom. The lowest BCUT2D eigenvalue weighted by Crippen LogP contribution is -2.57. The zero-order chi connectivity index (χ0) is 45.5. The predicted molar refractivity (Wildman–Crippen MR) is 234 cm³/mol. The van der Waals surface area contributed by atoms with Crippen molar-refractivity contribution >= 4 is 11.8 Å². The van der Waals surface area contributed by atoms with Gasteiger partial charge in [0, 0.05) is 52.2 Å². The van der Waals surface area contributed by atoms with E-state index in [-0.39, 0.29) is 36.6 Å². The van der Waals surface area contributed by atoms with Gasteiger partial charge in [-0.05, 0) is 81.9 Å². The molecule has 0 radical (unpaired) electrons. The molecule has 2 N–H and O–H groups in total. The lowest BCUT2D eigenvalue weighted by atomic mass is 9.71. The van der Waals surface area contributed by atoms with Gasteiger partial charge in [0.15, 0.2) is 30.3 Å². The van der Waals surface area contributed by atoms with Crippen LogP contribution in [0.3, 0.4) is 0 Å². The molecule has 64 heavy (non-hydrogen) atoms. The second kappa shape index (κ2) is 20.1. The monoisotopic (exact) mass is 899 g/mol. The van der Waals surface area contributed by atoms with Crippen molar-refractivity contribution in [2.24, 2.45) is 23.7 Å². The van der Waals surface area contributed by atoms with Crippen molar-refractivity contribution in [3.8, 4) is 0 Å². The molecule has 1 spiro atoms. The van der Waals surface area contributed by atoms with Crippen LogP contribution in [0.5, 0.6) is 0 Å². The molecular weight excluding hydrogens is 825 g/mol. The molecule has 6 fully saturated rings. The minimum atomic E-state index is -1.92. The van der Waals surface area contributed by atoms with Crippen molar-refractivity contribution in [1.29, 1.82) is 0 Å². The highest BCUT2D eigenvalue weighted by atomic mass is 16.7. The molecule has 358 valence electrons. The van der Waals surface area contributed by atoms with Crippen LogP contribution in [0.2, 0.25) is 0 Å². The van der Waals surface area contributed by atoms with E-state index in [1.165, 1.54) is 19.3 Å². The van der Waals surface area contributed by atoms with Gasteiger partial charge in [0.2, 0.25) is 0 Å². The largest absolute Gasteiger partial charge is 0.462 e. The SMILES string of the molecule is CO[C@H]1C[C@H](O[C@H]2[C@H](C)O[C@@H](O[C@@H]3/C(C)=C/C[C@@H]4C[C@@H](C[C@]5(CC[C@H](C)[C@@H](C6CCCCC6)O5)O4)OC(=O)[C@@H]4C=C(C)C(=O)[C@H]5OC/C(=C\C=C\[C@@H]3C)[C@]54O)C[C@@H]2OC)O[C@@H](C)[C@@H]1O. The molecule has 0 amide bonds. The van der Waals surface area contributed by atoms with Gasteiger partial charge in [0.25, 0.3) is 0 Å². The number of esters is 1. The van der Waals surface area contributed by atoms with Crippen molar-refractivity contribution in [3.63, 3.8) is 0 Å². The number of hydrogen-bond acceptors (Lipinski definition) is 14. The van der Waals surface area contributed by atoms with Crippen LogP contribution in [0.15, 0.2) is 47.1 Å². The molecule has 6 aliphatic heterocycles. The van der Waals surface area contributed by atoms with E-state index in [4.69, 9.17) is 47.4 Å². The average molecular weight is 899 g/mol. The molecule has 0 aromatic carbocycles. The number of methoxy groups -OCH3 is 2. The molecule has 14 nitrogen and oxygen atoms in total. The fourth-order valence-corrected chi connectivity index (χ4v) is 11.9. The molecule has 14 heteroatoms. The maximum Gasteiger partial charge on any atom is 0.316 e. The van der Waals surface area contributed by atoms with Crippen LogP contribution in [-0.2, 0) is 57.0 Å². The van der Waals surface area contributed by atoms with Crippen LogP contribution in [0.25, 0.3) is 0 Å². The van der Waals surface area contributed by atoms with E-state index in [1.54, 1.807) is 40.2 Å². The molecule has 0 aromatic heterocycles. The number of hydrogen-bond donors (Lipinski definition) is 2. The first-order valence-corrected chi connectivity index (χ1v) is 24.2. The Hall–Kier alpha value is -2.34. The standard InChI is InChI=1S/C50H74O14/c1-27-13-12-16-34-26-57-47-42(51)30(4)21-37(50(34,47)54)48(53)60-36-22-35(63-49(25-36)20-19-29(3)45(64-49)33-14-10-9-11-15-33)18-17-28(2)44(27)61-41-24-39(56-8)46(32(6)59-41)62-40-23-38(55-7)43(52)31(5)58-40/h12-13,16-17,21,27,29,31-33,35-41,43-47,52,54H,9-11,14-15,18-20,22-26H2,1-8H3/b13-12+,28-17+,34-16+/t27-,29-,31-,32-,35+,36-,37-,38-,39-,40-,41-,43-,44-,45-,46-,47+,49+,50+/m0/s1. The Labute approximate surface area is 379 Å². The quantitative estimate of drug-likeness (QED) is 0.215. The van der Waals surface area contributed by atoms with Crippen molar-refractivity contribution in [2.45, 2.75) is 210 Å². The van der Waals surface area contributed by atoms with Gasteiger partial charge in [0.05, 0.1) is 49.3 Å². The van der Waals surface area contributed by atoms with E-state index in [0.29, 0.717) is 61.5 Å². The van der Waals surface area contributed by atoms with Crippen LogP contribution < -0.4 is 0 Å². The van der Waals surface area contributed by atoms with Gasteiger partial charge >= 0.3 is 5.97 Å². The number of aliphatic hydroxyl groups excluding tert-OH is 1. The third-order valence-corrected chi connectivity index (χ3v) is 15.7. The summed E-state index contributed by atoms with van der Waals surface area (Å²) in [6.45, 7) is 11.8. The summed E-state index contributed by atoms with van der Waals surface area (Å²) >= 11 is 0. The Balaban J connectivity index is 1.08. The number of rotatable bonds is 7. The second-order valence-electron chi connectivity index (χ2n) is 20.2. The van der Waals surface area contributed by atoms with Gasteiger partial charge < -0.3 is 57.6 Å². The number of Topliss-reactive ketones (excluding diaryl/α,β-unsaturated/α-hetero) is 1. The minimum absolute atomic E-state index is 0.0145. The third kappa shape index (κ3) is 9.81. The summed E-state index contributed by atoms with van der Waals surface area (Å²) in [6.07, 6.45) is 12.3.